The predicted octanol–water partition coefficient (Wildman–Crippen LogP) is 0.349. The van der Waals surface area contributed by atoms with Gasteiger partial charge in [0.1, 0.15) is 23.0 Å². The summed E-state index contributed by atoms with van der Waals surface area (Å²) in [6.07, 6.45) is 1.51. The van der Waals surface area contributed by atoms with Crippen LogP contribution in [0.2, 0.25) is 0 Å². The molecule has 2 N–H and O–H groups in total. The number of aryl methyl sites for hydroxylation is 1. The summed E-state index contributed by atoms with van der Waals surface area (Å²) in [6, 6.07) is 4.63. The van der Waals surface area contributed by atoms with Crippen molar-refractivity contribution in [1.82, 2.24) is 14.9 Å². The first-order valence-corrected chi connectivity index (χ1v) is 6.97. The van der Waals surface area contributed by atoms with Crippen molar-refractivity contribution in [1.29, 1.82) is 0 Å². The molecule has 0 aliphatic rings. The van der Waals surface area contributed by atoms with Crippen LogP contribution in [0.3, 0.4) is 0 Å². The molecule has 0 bridgehead atoms. The molecule has 0 amide bonds. The van der Waals surface area contributed by atoms with E-state index in [-0.39, 0.29) is 29.6 Å². The van der Waals surface area contributed by atoms with Gasteiger partial charge >= 0.3 is 0 Å². The second-order valence-corrected chi connectivity index (χ2v) is 5.57. The Hall–Kier alpha value is -1.77. The molecular weight excluding hydrogens is 270 g/mol. The molecule has 0 unspecified atom stereocenters. The Bertz CT molecular complexity index is 652. The zero-order chi connectivity index (χ0) is 13.9. The summed E-state index contributed by atoms with van der Waals surface area (Å²) in [5.41, 5.74) is 0.509. The van der Waals surface area contributed by atoms with Crippen LogP contribution in [0.1, 0.15) is 17.2 Å². The molecule has 0 radical (unpaired) electrons. The van der Waals surface area contributed by atoms with Crippen molar-refractivity contribution in [3.8, 4) is 0 Å². The van der Waals surface area contributed by atoms with Gasteiger partial charge in [-0.05, 0) is 19.1 Å². The molecule has 2 rings (SSSR count). The van der Waals surface area contributed by atoms with Crippen LogP contribution in [0.4, 0.5) is 0 Å². The molecule has 8 heteroatoms. The molecule has 0 aromatic carbocycles. The molecule has 2 aromatic heterocycles. The summed E-state index contributed by atoms with van der Waals surface area (Å²) >= 11 is 0. The number of hydrogen-bond donors (Lipinski definition) is 2. The monoisotopic (exact) mass is 283 g/mol. The fourth-order valence-corrected chi connectivity index (χ4v) is 2.74. The zero-order valence-corrected chi connectivity index (χ0v) is 11.0. The highest BCUT2D eigenvalue weighted by Gasteiger charge is 2.21. The second kappa shape index (κ2) is 5.47. The van der Waals surface area contributed by atoms with Crippen LogP contribution in [0, 0.1) is 6.92 Å². The quantitative estimate of drug-likeness (QED) is 0.820. The van der Waals surface area contributed by atoms with E-state index in [2.05, 4.69) is 14.9 Å². The summed E-state index contributed by atoms with van der Waals surface area (Å²) in [4.78, 5) is 0.0143. The van der Waals surface area contributed by atoms with E-state index < -0.39 is 10.0 Å². The van der Waals surface area contributed by atoms with Crippen molar-refractivity contribution in [2.45, 2.75) is 25.0 Å². The van der Waals surface area contributed by atoms with Crippen LogP contribution in [-0.2, 0) is 23.2 Å². The molecular formula is C11H13N3O4S. The number of aliphatic hydroxyl groups excluding tert-OH is 1. The Kier molecular flexibility index (Phi) is 3.93. The highest BCUT2D eigenvalue weighted by Crippen LogP contribution is 2.19. The number of furan rings is 1. The summed E-state index contributed by atoms with van der Waals surface area (Å²) in [5, 5.41) is 16.4. The van der Waals surface area contributed by atoms with Crippen molar-refractivity contribution in [3.05, 3.63) is 41.6 Å². The number of hydrogen-bond acceptors (Lipinski definition) is 6. The molecule has 19 heavy (non-hydrogen) atoms. The molecule has 0 saturated carbocycles. The molecule has 2 aromatic rings. The molecule has 7 nitrogen and oxygen atoms in total. The zero-order valence-electron chi connectivity index (χ0n) is 10.2. The van der Waals surface area contributed by atoms with Crippen molar-refractivity contribution in [2.75, 3.05) is 0 Å². The SMILES string of the molecule is Cc1oc(CO)cc1S(=O)(=O)NCc1cccnn1. The van der Waals surface area contributed by atoms with Gasteiger partial charge in [0, 0.05) is 12.3 Å². The first kappa shape index (κ1) is 13.7. The van der Waals surface area contributed by atoms with Crippen LogP contribution in [0.15, 0.2) is 33.7 Å². The Morgan fingerprint density at radius 3 is 2.84 bits per heavy atom. The highest BCUT2D eigenvalue weighted by atomic mass is 32.2. The minimum Gasteiger partial charge on any atom is -0.462 e. The fraction of sp³-hybridized carbons (Fsp3) is 0.273. The van der Waals surface area contributed by atoms with Gasteiger partial charge in [0.2, 0.25) is 10.0 Å². The molecule has 0 saturated heterocycles. The number of nitrogens with one attached hydrogen (secondary N) is 1. The summed E-state index contributed by atoms with van der Waals surface area (Å²) in [7, 11) is -3.70. The Morgan fingerprint density at radius 2 is 2.26 bits per heavy atom. The van der Waals surface area contributed by atoms with Crippen LogP contribution in [0.5, 0.6) is 0 Å². The Balaban J connectivity index is 2.16. The van der Waals surface area contributed by atoms with Gasteiger partial charge in [0.25, 0.3) is 0 Å². The topological polar surface area (TPSA) is 105 Å². The lowest BCUT2D eigenvalue weighted by Crippen LogP contribution is -2.24. The van der Waals surface area contributed by atoms with Crippen molar-refractivity contribution < 1.29 is 17.9 Å². The van der Waals surface area contributed by atoms with Gasteiger partial charge in [-0.3, -0.25) is 0 Å². The maximum Gasteiger partial charge on any atom is 0.244 e. The van der Waals surface area contributed by atoms with Gasteiger partial charge in [0.15, 0.2) is 0 Å². The van der Waals surface area contributed by atoms with Crippen molar-refractivity contribution in [3.63, 3.8) is 0 Å². The lowest BCUT2D eigenvalue weighted by atomic mass is 10.4. The van der Waals surface area contributed by atoms with E-state index in [0.29, 0.717) is 5.69 Å². The standard InChI is InChI=1S/C11H13N3O4S/c1-8-11(5-10(7-15)18-8)19(16,17)13-6-9-3-2-4-12-14-9/h2-5,13,15H,6-7H2,1H3. The minimum absolute atomic E-state index is 0.0143. The maximum absolute atomic E-state index is 12.1. The van der Waals surface area contributed by atoms with Crippen LogP contribution in [-0.4, -0.2) is 23.7 Å². The summed E-state index contributed by atoms with van der Waals surface area (Å²) in [5.74, 6) is 0.438. The van der Waals surface area contributed by atoms with Gasteiger partial charge in [-0.2, -0.15) is 10.2 Å². The lowest BCUT2D eigenvalue weighted by molar-refractivity contribution is 0.244. The number of aromatic nitrogens is 2. The largest absolute Gasteiger partial charge is 0.462 e. The smallest absolute Gasteiger partial charge is 0.244 e. The molecule has 0 aliphatic heterocycles. The molecule has 2 heterocycles. The van der Waals surface area contributed by atoms with Crippen LogP contribution >= 0.6 is 0 Å². The van der Waals surface area contributed by atoms with Crippen LogP contribution < -0.4 is 4.72 Å². The highest BCUT2D eigenvalue weighted by molar-refractivity contribution is 7.89. The lowest BCUT2D eigenvalue weighted by Gasteiger charge is -2.04. The molecule has 0 atom stereocenters. The van der Waals surface area contributed by atoms with Gasteiger partial charge in [-0.25, -0.2) is 13.1 Å². The number of nitrogens with zero attached hydrogens (tertiary/aromatic N) is 2. The van der Waals surface area contributed by atoms with E-state index in [1.54, 1.807) is 12.1 Å². The Morgan fingerprint density at radius 1 is 1.47 bits per heavy atom. The van der Waals surface area contributed by atoms with Gasteiger partial charge in [-0.15, -0.1) is 0 Å². The normalized spacial score (nSPS) is 11.7. The van der Waals surface area contributed by atoms with E-state index in [0.717, 1.165) is 0 Å². The maximum atomic E-state index is 12.1. The first-order valence-electron chi connectivity index (χ1n) is 5.49. The van der Waals surface area contributed by atoms with E-state index in [4.69, 9.17) is 9.52 Å². The van der Waals surface area contributed by atoms with Crippen molar-refractivity contribution in [2.24, 2.45) is 0 Å². The number of rotatable bonds is 5. The second-order valence-electron chi connectivity index (χ2n) is 3.83. The molecule has 0 fully saturated rings. The van der Waals surface area contributed by atoms with Crippen LogP contribution in [0.25, 0.3) is 0 Å². The van der Waals surface area contributed by atoms with E-state index >= 15 is 0 Å². The van der Waals surface area contributed by atoms with E-state index in [1.807, 2.05) is 0 Å². The van der Waals surface area contributed by atoms with Crippen molar-refractivity contribution >= 4 is 10.0 Å². The summed E-state index contributed by atoms with van der Waals surface area (Å²) in [6.45, 7) is 1.21. The Labute approximate surface area is 110 Å². The third kappa shape index (κ3) is 3.16. The molecule has 102 valence electrons. The van der Waals surface area contributed by atoms with E-state index in [1.165, 1.54) is 19.2 Å². The molecule has 0 spiro atoms. The average Bonchev–Trinajstić information content (AvgIpc) is 2.80. The third-order valence-corrected chi connectivity index (χ3v) is 3.95. The molecule has 0 aliphatic carbocycles. The fourth-order valence-electron chi connectivity index (χ4n) is 1.54. The summed E-state index contributed by atoms with van der Waals surface area (Å²) < 4.78 is 31.6. The average molecular weight is 283 g/mol. The van der Waals surface area contributed by atoms with Gasteiger partial charge in [-0.1, -0.05) is 0 Å². The van der Waals surface area contributed by atoms with Gasteiger partial charge in [0.05, 0.1) is 12.2 Å². The first-order chi connectivity index (χ1) is 9.03. The third-order valence-electron chi connectivity index (χ3n) is 2.44. The number of sulfonamides is 1. The predicted molar refractivity (Wildman–Crippen MR) is 65.4 cm³/mol. The number of aliphatic hydroxyl groups is 1. The minimum atomic E-state index is -3.70. The van der Waals surface area contributed by atoms with E-state index in [9.17, 15) is 8.42 Å². The van der Waals surface area contributed by atoms with Gasteiger partial charge < -0.3 is 9.52 Å².